The van der Waals surface area contributed by atoms with Crippen molar-refractivity contribution in [2.24, 2.45) is 0 Å². The summed E-state index contributed by atoms with van der Waals surface area (Å²) in [5.74, 6) is 0.497. The third kappa shape index (κ3) is 2.87. The first-order chi connectivity index (χ1) is 10.7. The van der Waals surface area contributed by atoms with Crippen LogP contribution in [0.25, 0.3) is 0 Å². The summed E-state index contributed by atoms with van der Waals surface area (Å²) in [5, 5.41) is 2.82. The van der Waals surface area contributed by atoms with E-state index in [1.807, 2.05) is 11.0 Å². The van der Waals surface area contributed by atoms with E-state index in [1.165, 1.54) is 5.56 Å². The molecule has 2 amide bonds. The summed E-state index contributed by atoms with van der Waals surface area (Å²) in [6.07, 6.45) is 4.25. The number of nitrogens with one attached hydrogen (secondary N) is 1. The molecule has 0 aromatic heterocycles. The lowest BCUT2D eigenvalue weighted by Gasteiger charge is -2.33. The Kier molecular flexibility index (Phi) is 4.46. The van der Waals surface area contributed by atoms with Crippen LogP contribution in [0.5, 0.6) is 0 Å². The predicted octanol–water partition coefficient (Wildman–Crippen LogP) is 2.45. The summed E-state index contributed by atoms with van der Waals surface area (Å²) in [4.78, 5) is 26.2. The van der Waals surface area contributed by atoms with Gasteiger partial charge >= 0.3 is 0 Å². The maximum absolute atomic E-state index is 12.8. The second kappa shape index (κ2) is 6.51. The van der Waals surface area contributed by atoms with E-state index >= 15 is 0 Å². The lowest BCUT2D eigenvalue weighted by molar-refractivity contribution is -0.135. The molecule has 4 nitrogen and oxygen atoms in total. The van der Waals surface area contributed by atoms with Gasteiger partial charge in [-0.3, -0.25) is 9.59 Å². The zero-order valence-corrected chi connectivity index (χ0v) is 13.1. The Morgan fingerprint density at radius 3 is 2.73 bits per heavy atom. The van der Waals surface area contributed by atoms with Crippen molar-refractivity contribution >= 4 is 11.8 Å². The van der Waals surface area contributed by atoms with E-state index in [-0.39, 0.29) is 23.9 Å². The standard InChI is InChI=1S/C18H24N2O2/c1-2-14(13-7-4-3-5-8-13)16-9-6-12-20(16)18(22)15-10-11-17(21)19-15/h3-5,7-8,14-16H,2,6,9-12H2,1H3,(H,19,21)/t14-,15-,16+/m1/s1. The van der Waals surface area contributed by atoms with Crippen molar-refractivity contribution < 1.29 is 9.59 Å². The van der Waals surface area contributed by atoms with Crippen LogP contribution in [0.1, 0.15) is 50.5 Å². The lowest BCUT2D eigenvalue weighted by atomic mass is 9.87. The van der Waals surface area contributed by atoms with Crippen LogP contribution in [0.4, 0.5) is 0 Å². The van der Waals surface area contributed by atoms with Crippen molar-refractivity contribution in [3.63, 3.8) is 0 Å². The number of hydrogen-bond donors (Lipinski definition) is 1. The number of nitrogens with zero attached hydrogens (tertiary/aromatic N) is 1. The van der Waals surface area contributed by atoms with Crippen LogP contribution < -0.4 is 5.32 Å². The van der Waals surface area contributed by atoms with Crippen molar-refractivity contribution in [1.82, 2.24) is 10.2 Å². The third-order valence-electron chi connectivity index (χ3n) is 5.01. The molecule has 0 radical (unpaired) electrons. The molecule has 1 aromatic rings. The van der Waals surface area contributed by atoms with Gasteiger partial charge in [-0.15, -0.1) is 0 Å². The first kappa shape index (κ1) is 15.1. The van der Waals surface area contributed by atoms with Crippen molar-refractivity contribution in [1.29, 1.82) is 0 Å². The van der Waals surface area contributed by atoms with Gasteiger partial charge in [0.05, 0.1) is 0 Å². The van der Waals surface area contributed by atoms with Crippen molar-refractivity contribution in [2.45, 2.75) is 57.0 Å². The summed E-state index contributed by atoms with van der Waals surface area (Å²) in [5.41, 5.74) is 1.31. The Morgan fingerprint density at radius 1 is 1.32 bits per heavy atom. The first-order valence-corrected chi connectivity index (χ1v) is 8.35. The van der Waals surface area contributed by atoms with Crippen LogP contribution in [-0.2, 0) is 9.59 Å². The van der Waals surface area contributed by atoms with Crippen LogP contribution in [-0.4, -0.2) is 35.3 Å². The molecular formula is C18H24N2O2. The SMILES string of the molecule is CC[C@H](c1ccccc1)[C@@H]1CCCN1C(=O)[C@H]1CCC(=O)N1. The number of carbonyl (C=O) groups excluding carboxylic acids is 2. The van der Waals surface area contributed by atoms with Crippen LogP contribution in [0.15, 0.2) is 30.3 Å². The molecule has 0 saturated carbocycles. The van der Waals surface area contributed by atoms with Gasteiger partial charge in [-0.2, -0.15) is 0 Å². The zero-order valence-electron chi connectivity index (χ0n) is 13.1. The molecule has 2 fully saturated rings. The van der Waals surface area contributed by atoms with Crippen molar-refractivity contribution in [3.8, 4) is 0 Å². The van der Waals surface area contributed by atoms with Crippen LogP contribution in [0.3, 0.4) is 0 Å². The molecule has 22 heavy (non-hydrogen) atoms. The Balaban J connectivity index is 1.77. The molecule has 0 unspecified atom stereocenters. The molecule has 2 aliphatic heterocycles. The number of benzene rings is 1. The number of rotatable bonds is 4. The van der Waals surface area contributed by atoms with Crippen molar-refractivity contribution in [2.75, 3.05) is 6.54 Å². The largest absolute Gasteiger partial charge is 0.344 e. The summed E-state index contributed by atoms with van der Waals surface area (Å²) in [6.45, 7) is 3.01. The zero-order chi connectivity index (χ0) is 15.5. The molecule has 2 aliphatic rings. The fourth-order valence-corrected chi connectivity index (χ4v) is 3.91. The fraction of sp³-hybridized carbons (Fsp3) is 0.556. The van der Waals surface area contributed by atoms with Gasteiger partial charge in [-0.1, -0.05) is 37.3 Å². The highest BCUT2D eigenvalue weighted by Crippen LogP contribution is 2.34. The normalized spacial score (nSPS) is 26.0. The van der Waals surface area contributed by atoms with Crippen molar-refractivity contribution in [3.05, 3.63) is 35.9 Å². The van der Waals surface area contributed by atoms with Gasteiger partial charge in [0.2, 0.25) is 11.8 Å². The topological polar surface area (TPSA) is 49.4 Å². The molecule has 3 rings (SSSR count). The fourth-order valence-electron chi connectivity index (χ4n) is 3.91. The molecular weight excluding hydrogens is 276 g/mol. The first-order valence-electron chi connectivity index (χ1n) is 8.35. The highest BCUT2D eigenvalue weighted by Gasteiger charge is 2.39. The number of amides is 2. The molecule has 3 atom stereocenters. The summed E-state index contributed by atoms with van der Waals surface area (Å²) in [7, 11) is 0. The summed E-state index contributed by atoms with van der Waals surface area (Å²) >= 11 is 0. The van der Waals surface area contributed by atoms with E-state index < -0.39 is 0 Å². The van der Waals surface area contributed by atoms with Crippen LogP contribution in [0, 0.1) is 0 Å². The van der Waals surface area contributed by atoms with Gasteiger partial charge in [-0.05, 0) is 31.2 Å². The maximum atomic E-state index is 12.8. The maximum Gasteiger partial charge on any atom is 0.245 e. The average molecular weight is 300 g/mol. The molecule has 4 heteroatoms. The Morgan fingerprint density at radius 2 is 2.09 bits per heavy atom. The molecule has 2 heterocycles. The number of carbonyl (C=O) groups is 2. The Bertz CT molecular complexity index is 543. The Hall–Kier alpha value is -1.84. The van der Waals surface area contributed by atoms with E-state index in [2.05, 4.69) is 36.5 Å². The average Bonchev–Trinajstić information content (AvgIpc) is 3.18. The molecule has 0 spiro atoms. The highest BCUT2D eigenvalue weighted by molar-refractivity contribution is 5.91. The lowest BCUT2D eigenvalue weighted by Crippen LogP contribution is -2.48. The third-order valence-corrected chi connectivity index (χ3v) is 5.01. The van der Waals surface area contributed by atoms with Crippen LogP contribution in [0.2, 0.25) is 0 Å². The molecule has 1 N–H and O–H groups in total. The number of likely N-dealkylation sites (tertiary alicyclic amines) is 1. The molecule has 1 aromatic carbocycles. The van der Waals surface area contributed by atoms with Gasteiger partial charge < -0.3 is 10.2 Å². The second-order valence-electron chi connectivity index (χ2n) is 6.33. The van der Waals surface area contributed by atoms with E-state index in [0.29, 0.717) is 18.8 Å². The smallest absolute Gasteiger partial charge is 0.245 e. The van der Waals surface area contributed by atoms with Gasteiger partial charge in [0, 0.05) is 24.9 Å². The molecule has 0 aliphatic carbocycles. The van der Waals surface area contributed by atoms with Gasteiger partial charge in [-0.25, -0.2) is 0 Å². The minimum atomic E-state index is -0.304. The van der Waals surface area contributed by atoms with E-state index in [9.17, 15) is 9.59 Å². The minimum absolute atomic E-state index is 0.00389. The summed E-state index contributed by atoms with van der Waals surface area (Å²) < 4.78 is 0. The quantitative estimate of drug-likeness (QED) is 0.928. The minimum Gasteiger partial charge on any atom is -0.344 e. The van der Waals surface area contributed by atoms with E-state index in [4.69, 9.17) is 0 Å². The molecule has 2 saturated heterocycles. The van der Waals surface area contributed by atoms with Gasteiger partial charge in [0.15, 0.2) is 0 Å². The van der Waals surface area contributed by atoms with E-state index in [0.717, 1.165) is 25.8 Å². The van der Waals surface area contributed by atoms with Crippen LogP contribution >= 0.6 is 0 Å². The number of hydrogen-bond acceptors (Lipinski definition) is 2. The predicted molar refractivity (Wildman–Crippen MR) is 85.4 cm³/mol. The van der Waals surface area contributed by atoms with E-state index in [1.54, 1.807) is 0 Å². The molecule has 118 valence electrons. The second-order valence-corrected chi connectivity index (χ2v) is 6.33. The highest BCUT2D eigenvalue weighted by atomic mass is 16.2. The van der Waals surface area contributed by atoms with Gasteiger partial charge in [0.1, 0.15) is 6.04 Å². The molecule has 0 bridgehead atoms. The monoisotopic (exact) mass is 300 g/mol. The Labute approximate surface area is 131 Å². The van der Waals surface area contributed by atoms with Gasteiger partial charge in [0.25, 0.3) is 0 Å². The summed E-state index contributed by atoms with van der Waals surface area (Å²) in [6, 6.07) is 10.4.